The standard InChI is InChI=1S/C14H26NO13S.2Na.H2O4S/c1-3-15-13(22)10(20)9(19)12(5(2)16)28-14-11(21)8(18)7(17)6(27-14)4-26-29(23,24)25;;;1-5(2,3)4/h5-12,14,16-21H,2-4H2,1H3,(H,15,22)(H,23,24,25);;;(H2,1,2,3,4)/q-1;2*+1;/p-2/t5-,6?,7-,8+,9-,10-,11?,12-,14+;;;/m1.../s1. The van der Waals surface area contributed by atoms with Crippen molar-refractivity contribution in [3.05, 3.63) is 6.92 Å². The minimum Gasteiger partial charge on any atom is -0.726 e. The Morgan fingerprint density at radius 2 is 1.53 bits per heavy atom. The predicted molar refractivity (Wildman–Crippen MR) is 102 cm³/mol. The van der Waals surface area contributed by atoms with Crippen LogP contribution < -0.4 is 64.4 Å². The second kappa shape index (κ2) is 18.3. The van der Waals surface area contributed by atoms with E-state index in [1.54, 1.807) is 6.92 Å². The van der Waals surface area contributed by atoms with Crippen LogP contribution in [0.1, 0.15) is 6.92 Å². The van der Waals surface area contributed by atoms with Crippen LogP contribution in [0, 0.1) is 6.92 Å². The maximum absolute atomic E-state index is 11.7. The van der Waals surface area contributed by atoms with Crippen molar-refractivity contribution in [2.45, 2.75) is 62.0 Å². The summed E-state index contributed by atoms with van der Waals surface area (Å²) in [4.78, 5) is 11.7. The molecule has 36 heavy (non-hydrogen) atoms. The molecule has 22 heteroatoms. The number of hydrogen-bond acceptors (Lipinski definition) is 16. The number of nitrogens with one attached hydrogen (secondary N) is 1. The van der Waals surface area contributed by atoms with Gasteiger partial charge in [-0.3, -0.25) is 13.5 Å². The molecule has 9 atom stereocenters. The zero-order valence-electron chi connectivity index (χ0n) is 19.3. The number of amides is 1. The van der Waals surface area contributed by atoms with Gasteiger partial charge < -0.3 is 61.5 Å². The molecule has 1 aliphatic heterocycles. The number of carbonyl (C=O) groups excluding carboxylic acids is 1. The van der Waals surface area contributed by atoms with Crippen molar-refractivity contribution in [3.8, 4) is 0 Å². The van der Waals surface area contributed by atoms with Gasteiger partial charge >= 0.3 is 59.1 Å². The first-order valence-electron chi connectivity index (χ1n) is 9.08. The van der Waals surface area contributed by atoms with Gasteiger partial charge in [0.25, 0.3) is 5.91 Å². The zero-order valence-corrected chi connectivity index (χ0v) is 25.0. The van der Waals surface area contributed by atoms with E-state index in [1.165, 1.54) is 0 Å². The fraction of sp³-hybridized carbons (Fsp3) is 0.857. The maximum Gasteiger partial charge on any atom is 1.00 e. The molecular weight excluding hydrogens is 564 g/mol. The Morgan fingerprint density at radius 3 is 1.92 bits per heavy atom. The van der Waals surface area contributed by atoms with Gasteiger partial charge in [0, 0.05) is 6.54 Å². The molecule has 2 unspecified atom stereocenters. The minimum atomic E-state index is -5.17. The molecule has 0 aromatic carbocycles. The number of ether oxygens (including phenoxy) is 2. The van der Waals surface area contributed by atoms with E-state index in [1.807, 2.05) is 0 Å². The zero-order chi connectivity index (χ0) is 27.0. The quantitative estimate of drug-likeness (QED) is 0.0506. The SMILES string of the molecule is O=S(=O)([O-])O.[CH2-][C@@H](O)[C@@H](O[C@@H]1OC(COS(=O)(=O)[O-])[C@@H](O)[C@H](O)C1O)[C@H](O)[C@@H](O)C(=O)NCC.[Na+].[Na+]. The summed E-state index contributed by atoms with van der Waals surface area (Å²) in [5.41, 5.74) is 0. The Balaban J connectivity index is -0.00000141. The topological polar surface area (TPSA) is 313 Å². The second-order valence-electron chi connectivity index (χ2n) is 6.63. The summed E-state index contributed by atoms with van der Waals surface area (Å²) in [7, 11) is -10.1. The molecule has 0 bridgehead atoms. The van der Waals surface area contributed by atoms with Crippen molar-refractivity contribution < 1.29 is 139 Å². The summed E-state index contributed by atoms with van der Waals surface area (Å²) in [6, 6.07) is 0. The minimum absolute atomic E-state index is 0. The van der Waals surface area contributed by atoms with Crippen molar-refractivity contribution in [2.75, 3.05) is 13.2 Å². The molecule has 0 aromatic heterocycles. The normalized spacial score (nSPS) is 27.6. The number of hydrogen-bond donors (Lipinski definition) is 8. The Morgan fingerprint density at radius 1 is 1.06 bits per heavy atom. The number of aliphatic hydroxyl groups excluding tert-OH is 6. The largest absolute Gasteiger partial charge is 1.00 e. The van der Waals surface area contributed by atoms with Crippen LogP contribution in [-0.2, 0) is 39.2 Å². The van der Waals surface area contributed by atoms with Gasteiger partial charge in [-0.2, -0.15) is 0 Å². The molecule has 0 radical (unpaired) electrons. The monoisotopic (exact) mass is 590 g/mol. The Kier molecular flexibility index (Phi) is 21.0. The van der Waals surface area contributed by atoms with E-state index in [0.717, 1.165) is 0 Å². The summed E-state index contributed by atoms with van der Waals surface area (Å²) in [5, 5.41) is 61.6. The van der Waals surface area contributed by atoms with Crippen LogP contribution >= 0.6 is 0 Å². The first kappa shape index (κ1) is 41.4. The van der Waals surface area contributed by atoms with Crippen molar-refractivity contribution >= 4 is 26.7 Å². The van der Waals surface area contributed by atoms with Crippen LogP contribution in [0.4, 0.5) is 0 Å². The number of likely N-dealkylation sites (N-methyl/N-ethyl adjacent to an activating group) is 1. The van der Waals surface area contributed by atoms with E-state index in [9.17, 15) is 48.4 Å². The van der Waals surface area contributed by atoms with Gasteiger partial charge in [0.2, 0.25) is 20.8 Å². The molecule has 1 saturated heterocycles. The Bertz CT molecular complexity index is 836. The van der Waals surface area contributed by atoms with Crippen molar-refractivity contribution in [1.29, 1.82) is 0 Å². The van der Waals surface area contributed by atoms with Crippen LogP contribution in [0.3, 0.4) is 0 Å². The first-order valence-corrected chi connectivity index (χ1v) is 11.8. The third-order valence-electron chi connectivity index (χ3n) is 4.00. The number of rotatable bonds is 10. The van der Waals surface area contributed by atoms with E-state index >= 15 is 0 Å². The van der Waals surface area contributed by atoms with Crippen molar-refractivity contribution in [2.24, 2.45) is 0 Å². The molecule has 18 nitrogen and oxygen atoms in total. The van der Waals surface area contributed by atoms with Crippen LogP contribution in [0.5, 0.6) is 0 Å². The number of carbonyl (C=O) groups is 1. The van der Waals surface area contributed by atoms with Gasteiger partial charge in [-0.1, -0.05) is 0 Å². The predicted octanol–water partition coefficient (Wildman–Crippen LogP) is -12.3. The third-order valence-corrected chi connectivity index (χ3v) is 4.42. The average molecular weight is 590 g/mol. The van der Waals surface area contributed by atoms with E-state index in [2.05, 4.69) is 16.4 Å². The molecule has 1 heterocycles. The molecule has 8 N–H and O–H groups in total. The molecule has 1 rings (SSSR count). The summed E-state index contributed by atoms with van der Waals surface area (Å²) >= 11 is 0. The van der Waals surface area contributed by atoms with Gasteiger partial charge in [-0.15, -0.1) is 0 Å². The van der Waals surface area contributed by atoms with Crippen molar-refractivity contribution in [1.82, 2.24) is 5.32 Å². The molecule has 0 aromatic rings. The summed E-state index contributed by atoms with van der Waals surface area (Å²) in [6.45, 7) is 3.82. The molecule has 1 amide bonds. The van der Waals surface area contributed by atoms with Gasteiger partial charge in [-0.25, -0.2) is 16.8 Å². The van der Waals surface area contributed by atoms with Gasteiger partial charge in [-0.05, 0) is 13.0 Å². The average Bonchev–Trinajstić information content (AvgIpc) is 2.67. The second-order valence-corrected chi connectivity index (χ2v) is 8.54. The van der Waals surface area contributed by atoms with E-state index < -0.39 is 88.4 Å². The molecule has 204 valence electrons. The van der Waals surface area contributed by atoms with Crippen LogP contribution in [0.2, 0.25) is 0 Å². The summed E-state index contributed by atoms with van der Waals surface area (Å²) in [6.07, 6.45) is -17.2. The van der Waals surface area contributed by atoms with Crippen LogP contribution in [0.25, 0.3) is 0 Å². The van der Waals surface area contributed by atoms with Gasteiger partial charge in [0.05, 0.1) is 12.7 Å². The van der Waals surface area contributed by atoms with Crippen LogP contribution in [-0.4, -0.2) is 135 Å². The Labute approximate surface area is 251 Å². The molecule has 0 saturated carbocycles. The van der Waals surface area contributed by atoms with Gasteiger partial charge in [0.15, 0.2) is 12.4 Å². The molecule has 1 fully saturated rings. The Hall–Kier alpha value is 0.890. The fourth-order valence-corrected chi connectivity index (χ4v) is 2.79. The third kappa shape index (κ3) is 16.1. The summed E-state index contributed by atoms with van der Waals surface area (Å²) in [5.74, 6) is -0.998. The first-order chi connectivity index (χ1) is 15.3. The molecule has 0 aliphatic carbocycles. The van der Waals surface area contributed by atoms with Gasteiger partial charge in [0.1, 0.15) is 30.5 Å². The summed E-state index contributed by atoms with van der Waals surface area (Å²) < 4.78 is 78.6. The maximum atomic E-state index is 11.7. The van der Waals surface area contributed by atoms with Crippen molar-refractivity contribution in [3.63, 3.8) is 0 Å². The van der Waals surface area contributed by atoms with Crippen LogP contribution in [0.15, 0.2) is 0 Å². The van der Waals surface area contributed by atoms with E-state index in [0.29, 0.717) is 0 Å². The molecule has 1 aliphatic rings. The molecular formula is C14H26NNa2O17S2-. The smallest absolute Gasteiger partial charge is 0.726 e. The number of aliphatic hydroxyl groups is 6. The van der Waals surface area contributed by atoms with E-state index in [-0.39, 0.29) is 65.7 Å². The fourth-order valence-electron chi connectivity index (χ4n) is 2.48. The van der Waals surface area contributed by atoms with E-state index in [4.69, 9.17) is 27.0 Å². The molecule has 0 spiro atoms.